The first kappa shape index (κ1) is 25.8. The van der Waals surface area contributed by atoms with Crippen LogP contribution in [0.1, 0.15) is 48.9 Å². The number of hydrogen-bond donors (Lipinski definition) is 0. The van der Waals surface area contributed by atoms with E-state index >= 15 is 0 Å². The van der Waals surface area contributed by atoms with Crippen LogP contribution in [0.25, 0.3) is 0 Å². The van der Waals surface area contributed by atoms with Crippen molar-refractivity contribution in [2.45, 2.75) is 38.5 Å². The lowest BCUT2D eigenvalue weighted by molar-refractivity contribution is -0.140. The van der Waals surface area contributed by atoms with E-state index in [1.807, 2.05) is 0 Å². The van der Waals surface area contributed by atoms with Crippen molar-refractivity contribution >= 4 is 23.9 Å². The molecule has 33 heavy (non-hydrogen) atoms. The van der Waals surface area contributed by atoms with Crippen LogP contribution in [0.15, 0.2) is 49.6 Å². The minimum Gasteiger partial charge on any atom is -0.463 e. The first-order valence-electron chi connectivity index (χ1n) is 11.0. The van der Waals surface area contributed by atoms with Gasteiger partial charge < -0.3 is 18.9 Å². The fraction of sp³-hybridized carbons (Fsp3) is 0.440. The Morgan fingerprint density at radius 2 is 1.36 bits per heavy atom. The van der Waals surface area contributed by atoms with Crippen LogP contribution in [0.2, 0.25) is 0 Å². The maximum absolute atomic E-state index is 12.3. The minimum absolute atomic E-state index is 0.0904. The molecule has 0 N–H and O–H groups in total. The average molecular weight is 459 g/mol. The van der Waals surface area contributed by atoms with Gasteiger partial charge in [-0.1, -0.05) is 13.2 Å². The van der Waals surface area contributed by atoms with Crippen molar-refractivity contribution in [1.29, 1.82) is 0 Å². The number of carbonyl (C=O) groups excluding carboxylic acids is 4. The normalized spacial score (nSPS) is 17.3. The van der Waals surface area contributed by atoms with Gasteiger partial charge in [0.2, 0.25) is 0 Å². The van der Waals surface area contributed by atoms with Gasteiger partial charge in [0.25, 0.3) is 0 Å². The second-order valence-corrected chi connectivity index (χ2v) is 7.79. The predicted octanol–water partition coefficient (Wildman–Crippen LogP) is 3.79. The van der Waals surface area contributed by atoms with Gasteiger partial charge in [0.1, 0.15) is 5.75 Å². The van der Waals surface area contributed by atoms with E-state index in [1.54, 1.807) is 12.1 Å². The van der Waals surface area contributed by atoms with E-state index in [2.05, 4.69) is 13.2 Å². The van der Waals surface area contributed by atoms with Crippen LogP contribution in [-0.4, -0.2) is 43.7 Å². The summed E-state index contributed by atoms with van der Waals surface area (Å²) in [5, 5.41) is 0. The van der Waals surface area contributed by atoms with Crippen molar-refractivity contribution < 1.29 is 38.1 Å². The molecule has 0 spiro atoms. The highest BCUT2D eigenvalue weighted by Crippen LogP contribution is 2.29. The van der Waals surface area contributed by atoms with E-state index in [4.69, 9.17) is 18.9 Å². The van der Waals surface area contributed by atoms with Crippen LogP contribution in [0, 0.1) is 11.8 Å². The largest absolute Gasteiger partial charge is 0.463 e. The Morgan fingerprint density at radius 3 is 1.94 bits per heavy atom. The molecule has 0 saturated heterocycles. The fourth-order valence-electron chi connectivity index (χ4n) is 3.39. The Labute approximate surface area is 193 Å². The molecule has 8 heteroatoms. The Morgan fingerprint density at radius 1 is 0.818 bits per heavy atom. The van der Waals surface area contributed by atoms with Crippen molar-refractivity contribution in [3.63, 3.8) is 0 Å². The van der Waals surface area contributed by atoms with Gasteiger partial charge in [-0.05, 0) is 68.2 Å². The molecule has 178 valence electrons. The summed E-state index contributed by atoms with van der Waals surface area (Å²) < 4.78 is 20.5. The van der Waals surface area contributed by atoms with Crippen LogP contribution in [0.3, 0.4) is 0 Å². The molecule has 2 rings (SSSR count). The molecule has 0 unspecified atom stereocenters. The molecule has 1 aliphatic rings. The summed E-state index contributed by atoms with van der Waals surface area (Å²) in [6, 6.07) is 6.15. The molecule has 8 nitrogen and oxygen atoms in total. The number of carbonyl (C=O) groups is 4. The summed E-state index contributed by atoms with van der Waals surface area (Å²) in [5.74, 6) is -0.906. The highest BCUT2D eigenvalue weighted by Gasteiger charge is 2.23. The number of rotatable bonds is 12. The zero-order valence-corrected chi connectivity index (χ0v) is 18.7. The molecular formula is C25H30O8. The van der Waals surface area contributed by atoms with Crippen molar-refractivity contribution in [2.24, 2.45) is 11.8 Å². The molecule has 0 radical (unpaired) electrons. The topological polar surface area (TPSA) is 105 Å². The van der Waals surface area contributed by atoms with Gasteiger partial charge in [0, 0.05) is 18.6 Å². The van der Waals surface area contributed by atoms with Crippen LogP contribution < -0.4 is 4.74 Å². The highest BCUT2D eigenvalue weighted by atomic mass is 16.5. The average Bonchev–Trinajstić information content (AvgIpc) is 2.84. The summed E-state index contributed by atoms with van der Waals surface area (Å²) in [7, 11) is 0. The smallest absolute Gasteiger partial charge is 0.338 e. The third kappa shape index (κ3) is 9.72. The molecule has 0 amide bonds. The number of esters is 4. The summed E-state index contributed by atoms with van der Waals surface area (Å²) in [5.41, 5.74) is 0.371. The first-order chi connectivity index (χ1) is 15.9. The Kier molecular flexibility index (Phi) is 10.9. The number of hydrogen-bond acceptors (Lipinski definition) is 8. The maximum Gasteiger partial charge on any atom is 0.338 e. The Bertz CT molecular complexity index is 834. The first-order valence-corrected chi connectivity index (χ1v) is 11.0. The second-order valence-electron chi connectivity index (χ2n) is 7.79. The lowest BCUT2D eigenvalue weighted by atomic mass is 9.83. The molecule has 0 aliphatic heterocycles. The zero-order chi connectivity index (χ0) is 24.1. The number of ether oxygens (including phenoxy) is 4. The summed E-state index contributed by atoms with van der Waals surface area (Å²) in [6.45, 7) is 7.51. The van der Waals surface area contributed by atoms with Gasteiger partial charge in [-0.3, -0.25) is 4.79 Å². The van der Waals surface area contributed by atoms with E-state index in [9.17, 15) is 19.2 Å². The molecule has 1 aromatic rings. The maximum atomic E-state index is 12.3. The third-order valence-corrected chi connectivity index (χ3v) is 5.30. The molecule has 0 bridgehead atoms. The zero-order valence-electron chi connectivity index (χ0n) is 18.7. The lowest BCUT2D eigenvalue weighted by Crippen LogP contribution is -2.23. The van der Waals surface area contributed by atoms with Crippen LogP contribution >= 0.6 is 0 Å². The van der Waals surface area contributed by atoms with Crippen molar-refractivity contribution in [1.82, 2.24) is 0 Å². The van der Waals surface area contributed by atoms with Gasteiger partial charge in [-0.2, -0.15) is 0 Å². The molecule has 0 heterocycles. The Balaban J connectivity index is 1.66. The molecule has 1 fully saturated rings. The summed E-state index contributed by atoms with van der Waals surface area (Å²) in [6.07, 6.45) is 6.30. The molecular weight excluding hydrogens is 428 g/mol. The SMILES string of the molecule is C=CC(=O)OCCCC(=O)Oc1ccc(C(=O)OCC2CCC(COC(=O)C=C)CC2)cc1. The Hall–Kier alpha value is -3.42. The molecule has 0 aromatic heterocycles. The van der Waals surface area contributed by atoms with E-state index in [0.29, 0.717) is 36.9 Å². The second kappa shape index (κ2) is 13.9. The predicted molar refractivity (Wildman–Crippen MR) is 119 cm³/mol. The van der Waals surface area contributed by atoms with Gasteiger partial charge in [0.15, 0.2) is 0 Å². The standard InChI is InChI=1S/C25H30O8/c1-3-22(26)30-15-5-6-24(28)33-21-13-11-20(12-14-21)25(29)32-17-19-9-7-18(8-10-19)16-31-23(27)4-2/h3-4,11-14,18-19H,1-2,5-10,15-17H2. The van der Waals surface area contributed by atoms with Crippen molar-refractivity contribution in [3.8, 4) is 5.75 Å². The highest BCUT2D eigenvalue weighted by molar-refractivity contribution is 5.89. The molecule has 1 aliphatic carbocycles. The molecule has 1 aromatic carbocycles. The van der Waals surface area contributed by atoms with Gasteiger partial charge in [0.05, 0.1) is 25.4 Å². The minimum atomic E-state index is -0.537. The van der Waals surface area contributed by atoms with E-state index in [1.165, 1.54) is 12.1 Å². The van der Waals surface area contributed by atoms with Crippen molar-refractivity contribution in [3.05, 3.63) is 55.1 Å². The van der Waals surface area contributed by atoms with E-state index < -0.39 is 23.9 Å². The third-order valence-electron chi connectivity index (χ3n) is 5.30. The quantitative estimate of drug-likeness (QED) is 0.153. The van der Waals surface area contributed by atoms with E-state index in [0.717, 1.165) is 37.8 Å². The van der Waals surface area contributed by atoms with E-state index in [-0.39, 0.29) is 18.9 Å². The lowest BCUT2D eigenvalue weighted by Gasteiger charge is -2.27. The molecule has 0 atom stereocenters. The van der Waals surface area contributed by atoms with Crippen LogP contribution in [-0.2, 0) is 28.6 Å². The van der Waals surface area contributed by atoms with Gasteiger partial charge in [-0.25, -0.2) is 14.4 Å². The summed E-state index contributed by atoms with van der Waals surface area (Å²) >= 11 is 0. The summed E-state index contributed by atoms with van der Waals surface area (Å²) in [4.78, 5) is 46.2. The number of benzene rings is 1. The van der Waals surface area contributed by atoms with Crippen LogP contribution in [0.4, 0.5) is 0 Å². The fourth-order valence-corrected chi connectivity index (χ4v) is 3.39. The van der Waals surface area contributed by atoms with Crippen LogP contribution in [0.5, 0.6) is 5.75 Å². The monoisotopic (exact) mass is 458 g/mol. The molecule has 1 saturated carbocycles. The van der Waals surface area contributed by atoms with Gasteiger partial charge >= 0.3 is 23.9 Å². The van der Waals surface area contributed by atoms with Gasteiger partial charge in [-0.15, -0.1) is 0 Å². The van der Waals surface area contributed by atoms with Crippen molar-refractivity contribution in [2.75, 3.05) is 19.8 Å².